The average Bonchev–Trinajstić information content (AvgIpc) is 2.85. The van der Waals surface area contributed by atoms with Gasteiger partial charge in [0.2, 0.25) is 0 Å². The Morgan fingerprint density at radius 2 is 2.00 bits per heavy atom. The molecule has 0 fully saturated rings. The summed E-state index contributed by atoms with van der Waals surface area (Å²) in [7, 11) is -2.27. The average molecular weight is 347 g/mol. The van der Waals surface area contributed by atoms with Crippen molar-refractivity contribution in [3.8, 4) is 0 Å². The van der Waals surface area contributed by atoms with Gasteiger partial charge < -0.3 is 14.8 Å². The first-order chi connectivity index (χ1) is 10.4. The fourth-order valence-corrected chi connectivity index (χ4v) is 2.14. The van der Waals surface area contributed by atoms with E-state index in [9.17, 15) is 18.0 Å². The third kappa shape index (κ3) is 5.89. The van der Waals surface area contributed by atoms with Crippen LogP contribution in [-0.2, 0) is 24.1 Å². The van der Waals surface area contributed by atoms with E-state index in [1.165, 1.54) is 13.3 Å². The number of carbonyl (C=O) groups excluding carboxylic acids is 2. The molecule has 0 bridgehead atoms. The maximum Gasteiger partial charge on any atom is 0.407 e. The molecular weight excluding hydrogens is 326 g/mol. The maximum absolute atomic E-state index is 11.8. The zero-order valence-electron chi connectivity index (χ0n) is 13.7. The van der Waals surface area contributed by atoms with Gasteiger partial charge in [-0.05, 0) is 20.8 Å². The van der Waals surface area contributed by atoms with Crippen molar-refractivity contribution in [1.29, 1.82) is 0 Å². The summed E-state index contributed by atoms with van der Waals surface area (Å²) < 4.78 is 33.8. The van der Waals surface area contributed by atoms with E-state index in [1.807, 2.05) is 0 Å². The van der Waals surface area contributed by atoms with Crippen LogP contribution in [-0.4, -0.2) is 55.8 Å². The quantitative estimate of drug-likeness (QED) is 0.772. The van der Waals surface area contributed by atoms with Crippen molar-refractivity contribution in [2.45, 2.75) is 37.3 Å². The summed E-state index contributed by atoms with van der Waals surface area (Å²) >= 11 is 0. The Labute approximate surface area is 134 Å². The lowest BCUT2D eigenvalue weighted by atomic mass is 10.2. The van der Waals surface area contributed by atoms with Crippen molar-refractivity contribution in [2.75, 3.05) is 19.9 Å². The molecule has 0 aliphatic carbocycles. The van der Waals surface area contributed by atoms with Crippen LogP contribution in [0.2, 0.25) is 0 Å². The minimum Gasteiger partial charge on any atom is -0.467 e. The number of nitrogens with one attached hydrogen (secondary N) is 1. The summed E-state index contributed by atoms with van der Waals surface area (Å²) in [6, 6.07) is -1.01. The van der Waals surface area contributed by atoms with Gasteiger partial charge in [0.05, 0.1) is 19.9 Å². The molecule has 23 heavy (non-hydrogen) atoms. The van der Waals surface area contributed by atoms with Crippen LogP contribution in [0.1, 0.15) is 26.8 Å². The molecule has 0 saturated carbocycles. The zero-order chi connectivity index (χ0) is 17.8. The summed E-state index contributed by atoms with van der Waals surface area (Å²) in [4.78, 5) is 23.5. The smallest absolute Gasteiger partial charge is 0.407 e. The number of esters is 1. The van der Waals surface area contributed by atoms with Gasteiger partial charge in [-0.2, -0.15) is 5.10 Å². The normalized spacial score (nSPS) is 13.3. The zero-order valence-corrected chi connectivity index (χ0v) is 14.5. The Hall–Kier alpha value is -2.10. The van der Waals surface area contributed by atoms with Crippen LogP contribution in [0, 0.1) is 0 Å². The molecule has 10 heteroatoms. The number of sulfone groups is 1. The van der Waals surface area contributed by atoms with Gasteiger partial charge in [0.1, 0.15) is 10.5 Å². The summed E-state index contributed by atoms with van der Waals surface area (Å²) in [6.07, 6.45) is 2.65. The molecule has 9 nitrogen and oxygen atoms in total. The van der Waals surface area contributed by atoms with E-state index >= 15 is 0 Å². The highest BCUT2D eigenvalue weighted by molar-refractivity contribution is 7.90. The second-order valence-electron chi connectivity index (χ2n) is 5.85. The van der Waals surface area contributed by atoms with Gasteiger partial charge >= 0.3 is 12.1 Å². The van der Waals surface area contributed by atoms with Gasteiger partial charge in [-0.25, -0.2) is 18.0 Å². The number of hydrogen-bond donors (Lipinski definition) is 1. The van der Waals surface area contributed by atoms with Gasteiger partial charge in [-0.15, -0.1) is 0 Å². The third-order valence-electron chi connectivity index (χ3n) is 2.64. The highest BCUT2D eigenvalue weighted by atomic mass is 32.2. The topological polar surface area (TPSA) is 117 Å². The molecule has 0 saturated heterocycles. The predicted octanol–water partition coefficient (Wildman–Crippen LogP) is 0.525. The monoisotopic (exact) mass is 347 g/mol. The number of carbonyl (C=O) groups is 2. The van der Waals surface area contributed by atoms with Gasteiger partial charge in [0.25, 0.3) is 0 Å². The molecule has 0 aromatic carbocycles. The lowest BCUT2D eigenvalue weighted by Crippen LogP contribution is -2.38. The largest absolute Gasteiger partial charge is 0.467 e. The Morgan fingerprint density at radius 1 is 1.39 bits per heavy atom. The highest BCUT2D eigenvalue weighted by Gasteiger charge is 2.25. The lowest BCUT2D eigenvalue weighted by molar-refractivity contribution is -0.144. The van der Waals surface area contributed by atoms with E-state index in [2.05, 4.69) is 15.2 Å². The molecular formula is C13H21N3O6S. The molecule has 1 atom stereocenters. The van der Waals surface area contributed by atoms with Crippen molar-refractivity contribution in [1.82, 2.24) is 15.1 Å². The van der Waals surface area contributed by atoms with Crippen LogP contribution in [0.5, 0.6) is 0 Å². The van der Waals surface area contributed by atoms with Crippen molar-refractivity contribution in [3.05, 3.63) is 12.4 Å². The first-order valence-corrected chi connectivity index (χ1v) is 8.62. The van der Waals surface area contributed by atoms with Crippen LogP contribution in [0.4, 0.5) is 4.79 Å². The van der Waals surface area contributed by atoms with Crippen LogP contribution in [0.15, 0.2) is 17.3 Å². The Bertz CT molecular complexity index is 674. The minimum atomic E-state index is -3.45. The van der Waals surface area contributed by atoms with Crippen LogP contribution >= 0.6 is 0 Å². The molecule has 1 unspecified atom stereocenters. The molecule has 1 N–H and O–H groups in total. The molecule has 0 radical (unpaired) electrons. The second kappa shape index (κ2) is 6.99. The molecule has 130 valence electrons. The van der Waals surface area contributed by atoms with Gasteiger partial charge in [0.15, 0.2) is 15.9 Å². The van der Waals surface area contributed by atoms with Gasteiger partial charge in [-0.1, -0.05) is 0 Å². The fourth-order valence-electron chi connectivity index (χ4n) is 1.60. The van der Waals surface area contributed by atoms with Crippen molar-refractivity contribution in [2.24, 2.45) is 0 Å². The first-order valence-electron chi connectivity index (χ1n) is 6.73. The minimum absolute atomic E-state index is 0.0383. The standard InChI is InChI=1S/C13H21N3O6S/c1-13(2,3)22-12(18)14-7-10(11(17)21-4)16-8-9(6-15-16)23(5,19)20/h6,8,10H,7H2,1-5H3,(H,14,18). The lowest BCUT2D eigenvalue weighted by Gasteiger charge is -2.21. The number of rotatable bonds is 5. The Balaban J connectivity index is 2.88. The number of methoxy groups -OCH3 is 1. The molecule has 1 aromatic heterocycles. The van der Waals surface area contributed by atoms with Crippen molar-refractivity contribution >= 4 is 21.9 Å². The Kier molecular flexibility index (Phi) is 5.75. The molecule has 1 rings (SSSR count). The number of alkyl carbamates (subject to hydrolysis) is 1. The van der Waals surface area contributed by atoms with Crippen LogP contribution in [0.3, 0.4) is 0 Å². The van der Waals surface area contributed by atoms with E-state index in [1.54, 1.807) is 20.8 Å². The molecule has 0 aliphatic heterocycles. The predicted molar refractivity (Wildman–Crippen MR) is 80.6 cm³/mol. The van der Waals surface area contributed by atoms with Crippen LogP contribution in [0.25, 0.3) is 0 Å². The fraction of sp³-hybridized carbons (Fsp3) is 0.615. The summed E-state index contributed by atoms with van der Waals surface area (Å²) in [5.41, 5.74) is -0.681. The first kappa shape index (κ1) is 18.9. The second-order valence-corrected chi connectivity index (χ2v) is 7.87. The Morgan fingerprint density at radius 3 is 2.43 bits per heavy atom. The number of aromatic nitrogens is 2. The van der Waals surface area contributed by atoms with Crippen LogP contribution < -0.4 is 5.32 Å². The molecule has 1 aromatic rings. The molecule has 0 spiro atoms. The van der Waals surface area contributed by atoms with Crippen molar-refractivity contribution < 1.29 is 27.5 Å². The van der Waals surface area contributed by atoms with E-state index in [4.69, 9.17) is 4.74 Å². The summed E-state index contributed by atoms with van der Waals surface area (Å²) in [5, 5.41) is 6.28. The van der Waals surface area contributed by atoms with E-state index in [0.717, 1.165) is 17.1 Å². The maximum atomic E-state index is 11.8. The van der Waals surface area contributed by atoms with Crippen molar-refractivity contribution in [3.63, 3.8) is 0 Å². The SMILES string of the molecule is COC(=O)C(CNC(=O)OC(C)(C)C)n1cc(S(C)(=O)=O)cn1. The number of amides is 1. The van der Waals surface area contributed by atoms with E-state index < -0.39 is 33.5 Å². The molecule has 1 heterocycles. The van der Waals surface area contributed by atoms with E-state index in [-0.39, 0.29) is 11.4 Å². The van der Waals surface area contributed by atoms with Gasteiger partial charge in [-0.3, -0.25) is 4.68 Å². The molecule has 0 aliphatic rings. The van der Waals surface area contributed by atoms with E-state index in [0.29, 0.717) is 0 Å². The highest BCUT2D eigenvalue weighted by Crippen LogP contribution is 2.13. The molecule has 1 amide bonds. The number of ether oxygens (including phenoxy) is 2. The summed E-state index contributed by atoms with van der Waals surface area (Å²) in [6.45, 7) is 4.95. The van der Waals surface area contributed by atoms with Gasteiger partial charge in [0, 0.05) is 12.5 Å². The number of hydrogen-bond acceptors (Lipinski definition) is 7. The summed E-state index contributed by atoms with van der Waals surface area (Å²) in [5.74, 6) is -0.677. The third-order valence-corrected chi connectivity index (χ3v) is 3.70. The number of nitrogens with zero attached hydrogens (tertiary/aromatic N) is 2.